The zero-order valence-corrected chi connectivity index (χ0v) is 42.3. The van der Waals surface area contributed by atoms with Gasteiger partial charge < -0.3 is 54.3 Å². The van der Waals surface area contributed by atoms with Gasteiger partial charge in [0.15, 0.2) is 6.10 Å². The van der Waals surface area contributed by atoms with Crippen molar-refractivity contribution in [3.8, 4) is 28.3 Å². The van der Waals surface area contributed by atoms with Crippen molar-refractivity contribution in [2.24, 2.45) is 11.8 Å². The molecular formula is C55H61N9O9S. The number of thiazole rings is 1. The van der Waals surface area contributed by atoms with Gasteiger partial charge in [-0.3, -0.25) is 9.69 Å². The molecule has 0 bridgehead atoms. The number of fused-ring (bicyclic) bond motifs is 6. The summed E-state index contributed by atoms with van der Waals surface area (Å²) in [5, 5.41) is 18.6. The number of aromatic nitrogens is 5. The number of aliphatic hydroxyl groups excluding tert-OH is 1. The topological polar surface area (TPSA) is 218 Å². The molecule has 1 aliphatic carbocycles. The third kappa shape index (κ3) is 9.11. The number of H-pyrrole nitrogens is 2. The molecule has 4 fully saturated rings. The van der Waals surface area contributed by atoms with E-state index in [1.54, 1.807) is 11.3 Å². The van der Waals surface area contributed by atoms with Crippen LogP contribution in [-0.4, -0.2) is 130 Å². The quantitative estimate of drug-likeness (QED) is 0.0781. The minimum atomic E-state index is -0.945. The van der Waals surface area contributed by atoms with Gasteiger partial charge in [-0.15, -0.1) is 11.3 Å². The molecule has 8 heterocycles. The molecule has 6 aliphatic rings. The van der Waals surface area contributed by atoms with Crippen LogP contribution in [0.5, 0.6) is 5.75 Å². The molecule has 5 N–H and O–H groups in total. The predicted octanol–water partition coefficient (Wildman–Crippen LogP) is 8.27. The largest absolute Gasteiger partial charge is 0.482 e. The van der Waals surface area contributed by atoms with Crippen LogP contribution in [0.1, 0.15) is 109 Å². The lowest BCUT2D eigenvalue weighted by Crippen LogP contribution is -2.56. The number of imidazole rings is 2. The van der Waals surface area contributed by atoms with Crippen molar-refractivity contribution in [2.45, 2.75) is 93.8 Å². The van der Waals surface area contributed by atoms with E-state index in [1.807, 2.05) is 40.4 Å². The van der Waals surface area contributed by atoms with E-state index < -0.39 is 36.6 Å². The van der Waals surface area contributed by atoms with E-state index in [-0.39, 0.29) is 35.7 Å². The standard InChI is InChI=1S/C55H61N9O9S/c1-69-54(67)61-46(30-15-21-71-22-16-30)52(65)63-19-5-8-41(63)49-56-28-39(58-49)32-11-13-35-34(25-32)26-37-36-14-12-33(27-43(36)73-48(45(35)37)51-60-38-7-3-4-10-44(38)74-51)40-29-57-50(59-40)42-9-6-20-64(42)53(66)47(62-55(68)70-2)31-17-23-72-24-18-31/h3-4,7,10-14,25-31,41-42,45-48,53,66H,5-6,8-9,15-24H2,1-2H3,(H,56,58)(H,57,59)(H,61,67)(H,62,68)/t41-,42?,45?,46-,47+,48+,53?/m0/s1. The number of aromatic amines is 2. The number of benzene rings is 3. The lowest BCUT2D eigenvalue weighted by molar-refractivity contribution is -0.136. The first-order valence-corrected chi connectivity index (χ1v) is 26.8. The van der Waals surface area contributed by atoms with Crippen LogP contribution in [0.25, 0.3) is 44.4 Å². The van der Waals surface area contributed by atoms with Crippen LogP contribution < -0.4 is 15.4 Å². The zero-order chi connectivity index (χ0) is 50.5. The van der Waals surface area contributed by atoms with E-state index in [0.717, 1.165) is 110 Å². The summed E-state index contributed by atoms with van der Waals surface area (Å²) >= 11 is 1.65. The summed E-state index contributed by atoms with van der Waals surface area (Å²) in [6.07, 6.45) is 9.52. The number of para-hydroxylation sites is 1. The highest BCUT2D eigenvalue weighted by molar-refractivity contribution is 7.18. The number of hydrogen-bond acceptors (Lipinski definition) is 14. The first-order valence-electron chi connectivity index (χ1n) is 25.9. The number of ether oxygens (including phenoxy) is 5. The molecule has 5 aliphatic heterocycles. The fourth-order valence-electron chi connectivity index (χ4n) is 12.3. The Hall–Kier alpha value is -6.64. The highest BCUT2D eigenvalue weighted by Gasteiger charge is 2.44. The molecule has 12 rings (SSSR count). The maximum atomic E-state index is 14.3. The average molecular weight is 1020 g/mol. The minimum absolute atomic E-state index is 0.0389. The minimum Gasteiger partial charge on any atom is -0.482 e. The molecule has 3 amide bonds. The average Bonchev–Trinajstić information content (AvgIpc) is 4.32. The van der Waals surface area contributed by atoms with Gasteiger partial charge in [0.2, 0.25) is 5.91 Å². The number of alkyl carbamates (subject to hydrolysis) is 2. The maximum absolute atomic E-state index is 14.3. The lowest BCUT2D eigenvalue weighted by atomic mass is 9.83. The summed E-state index contributed by atoms with van der Waals surface area (Å²) in [7, 11) is 2.65. The molecule has 0 radical (unpaired) electrons. The van der Waals surface area contributed by atoms with Gasteiger partial charge in [0.05, 0.1) is 72.3 Å². The molecule has 386 valence electrons. The first-order chi connectivity index (χ1) is 36.2. The van der Waals surface area contributed by atoms with Crippen LogP contribution in [-0.2, 0) is 23.7 Å². The normalized spacial score (nSPS) is 23.3. The highest BCUT2D eigenvalue weighted by atomic mass is 32.1. The van der Waals surface area contributed by atoms with Crippen molar-refractivity contribution in [2.75, 3.05) is 53.7 Å². The number of methoxy groups -OCH3 is 2. The van der Waals surface area contributed by atoms with Crippen LogP contribution in [0, 0.1) is 11.8 Å². The Labute approximate surface area is 432 Å². The number of carbonyl (C=O) groups is 3. The Morgan fingerprint density at radius 1 is 0.784 bits per heavy atom. The SMILES string of the molecule is COC(=O)N[C@H](C1CCOCC1)C(O)N1CCCC1c1ncc(-c2ccc3c(c2)O[C@@H](c2nc4ccccc4s2)C2C3=Cc3cc(-c4cnc([C@@H]5CCCN5C(=O)[C@@H](NC(=O)OC)C5CCOCC5)[nH]4)ccc32)[nH]1. The molecule has 18 nitrogen and oxygen atoms in total. The van der Waals surface area contributed by atoms with Gasteiger partial charge in [-0.2, -0.15) is 0 Å². The molecular weight excluding hydrogens is 963 g/mol. The van der Waals surface area contributed by atoms with Gasteiger partial charge in [-0.05, 0) is 110 Å². The van der Waals surface area contributed by atoms with Gasteiger partial charge in [0, 0.05) is 56.2 Å². The Bertz CT molecular complexity index is 3050. The third-order valence-corrected chi connectivity index (χ3v) is 17.2. The second-order valence-corrected chi connectivity index (χ2v) is 21.3. The van der Waals surface area contributed by atoms with Crippen molar-refractivity contribution < 1.29 is 43.2 Å². The molecule has 0 spiro atoms. The summed E-state index contributed by atoms with van der Waals surface area (Å²) in [4.78, 5) is 65.2. The van der Waals surface area contributed by atoms with Crippen LogP contribution in [0.3, 0.4) is 0 Å². The van der Waals surface area contributed by atoms with Crippen LogP contribution in [0.15, 0.2) is 73.1 Å². The molecule has 4 saturated heterocycles. The van der Waals surface area contributed by atoms with Gasteiger partial charge in [-0.25, -0.2) is 24.5 Å². The smallest absolute Gasteiger partial charge is 0.407 e. The summed E-state index contributed by atoms with van der Waals surface area (Å²) in [5.74, 6) is 1.96. The third-order valence-electron chi connectivity index (χ3n) is 16.1. The van der Waals surface area contributed by atoms with Gasteiger partial charge >= 0.3 is 12.2 Å². The van der Waals surface area contributed by atoms with E-state index in [2.05, 4.69) is 69.1 Å². The van der Waals surface area contributed by atoms with E-state index in [4.69, 9.17) is 38.6 Å². The zero-order valence-electron chi connectivity index (χ0n) is 41.5. The highest BCUT2D eigenvalue weighted by Crippen LogP contribution is 2.57. The molecule has 19 heteroatoms. The fourth-order valence-corrected chi connectivity index (χ4v) is 13.3. The monoisotopic (exact) mass is 1020 g/mol. The number of amides is 3. The maximum Gasteiger partial charge on any atom is 0.407 e. The van der Waals surface area contributed by atoms with Crippen LogP contribution in [0.2, 0.25) is 0 Å². The Balaban J connectivity index is 0.824. The molecule has 7 atom stereocenters. The van der Waals surface area contributed by atoms with E-state index in [9.17, 15) is 19.5 Å². The number of rotatable bonds is 12. The first kappa shape index (κ1) is 48.3. The molecule has 74 heavy (non-hydrogen) atoms. The number of nitrogens with zero attached hydrogens (tertiary/aromatic N) is 5. The molecule has 0 saturated carbocycles. The molecule has 3 aromatic heterocycles. The number of likely N-dealkylation sites (tertiary alicyclic amines) is 2. The van der Waals surface area contributed by atoms with Crippen molar-refractivity contribution in [3.63, 3.8) is 0 Å². The fraction of sp³-hybridized carbons (Fsp3) is 0.455. The number of hydrogen-bond donors (Lipinski definition) is 5. The number of nitrogens with one attached hydrogen (secondary N) is 4. The van der Waals surface area contributed by atoms with Crippen LogP contribution in [0.4, 0.5) is 9.59 Å². The van der Waals surface area contributed by atoms with Gasteiger partial charge in [-0.1, -0.05) is 36.4 Å². The van der Waals surface area contributed by atoms with Crippen molar-refractivity contribution in [1.29, 1.82) is 0 Å². The molecule has 6 aromatic rings. The molecule has 3 aromatic carbocycles. The number of carbonyl (C=O) groups excluding carboxylic acids is 3. The summed E-state index contributed by atoms with van der Waals surface area (Å²) < 4.78 is 29.3. The van der Waals surface area contributed by atoms with E-state index >= 15 is 0 Å². The van der Waals surface area contributed by atoms with Crippen molar-refractivity contribution in [3.05, 3.63) is 106 Å². The van der Waals surface area contributed by atoms with E-state index in [0.29, 0.717) is 58.2 Å². The summed E-state index contributed by atoms with van der Waals surface area (Å²) in [6, 6.07) is 19.3. The van der Waals surface area contributed by atoms with Crippen molar-refractivity contribution in [1.82, 2.24) is 45.4 Å². The Kier molecular flexibility index (Phi) is 13.4. The van der Waals surface area contributed by atoms with Gasteiger partial charge in [0.25, 0.3) is 0 Å². The summed E-state index contributed by atoms with van der Waals surface area (Å²) in [5.41, 5.74) is 8.88. The van der Waals surface area contributed by atoms with Crippen molar-refractivity contribution >= 4 is 51.3 Å². The van der Waals surface area contributed by atoms with Gasteiger partial charge in [0.1, 0.15) is 34.7 Å². The number of aliphatic hydroxyl groups is 1. The Morgan fingerprint density at radius 2 is 1.45 bits per heavy atom. The Morgan fingerprint density at radius 3 is 2.19 bits per heavy atom. The molecule has 3 unspecified atom stereocenters. The second-order valence-electron chi connectivity index (χ2n) is 20.2. The van der Waals surface area contributed by atoms with Crippen LogP contribution >= 0.6 is 11.3 Å². The van der Waals surface area contributed by atoms with E-state index in [1.165, 1.54) is 14.2 Å². The predicted molar refractivity (Wildman–Crippen MR) is 276 cm³/mol. The lowest BCUT2D eigenvalue weighted by Gasteiger charge is -2.39. The second kappa shape index (κ2) is 20.6. The summed E-state index contributed by atoms with van der Waals surface area (Å²) in [6.45, 7) is 3.48.